The van der Waals surface area contributed by atoms with Crippen LogP contribution in [0, 0.1) is 6.92 Å². The van der Waals surface area contributed by atoms with Crippen molar-refractivity contribution in [1.29, 1.82) is 0 Å². The van der Waals surface area contributed by atoms with Gasteiger partial charge in [-0.1, -0.05) is 23.8 Å². The van der Waals surface area contributed by atoms with Crippen LogP contribution in [0.25, 0.3) is 0 Å². The third-order valence-electron chi connectivity index (χ3n) is 4.73. The Morgan fingerprint density at radius 1 is 0.969 bits per heavy atom. The Hall–Kier alpha value is -3.59. The number of nitrogens with zero attached hydrogens (tertiary/aromatic N) is 1. The Morgan fingerprint density at radius 2 is 1.69 bits per heavy atom. The normalized spacial score (nSPS) is 11.0. The number of carbonyl (C=O) groups is 1. The molecular formula is C23H25N3O5S. The first-order valence-corrected chi connectivity index (χ1v) is 11.3. The molecule has 0 radical (unpaired) electrons. The van der Waals surface area contributed by atoms with Crippen LogP contribution in [0.5, 0.6) is 11.5 Å². The van der Waals surface area contributed by atoms with Gasteiger partial charge in [0.05, 0.1) is 36.6 Å². The quantitative estimate of drug-likeness (QED) is 0.513. The van der Waals surface area contributed by atoms with Gasteiger partial charge in [0, 0.05) is 12.7 Å². The highest BCUT2D eigenvalue weighted by atomic mass is 32.2. The highest BCUT2D eigenvalue weighted by Crippen LogP contribution is 2.27. The minimum Gasteiger partial charge on any atom is -0.493 e. The fraction of sp³-hybridized carbons (Fsp3) is 0.217. The summed E-state index contributed by atoms with van der Waals surface area (Å²) >= 11 is 0. The van der Waals surface area contributed by atoms with Crippen LogP contribution in [0.4, 0.5) is 5.69 Å². The van der Waals surface area contributed by atoms with Crippen LogP contribution < -0.4 is 19.5 Å². The van der Waals surface area contributed by atoms with E-state index in [0.717, 1.165) is 11.1 Å². The SMILES string of the molecule is COc1ccc(CCNC(=O)c2cncc(NS(=O)(=O)c3ccc(C)cc3)c2)cc1OC. The van der Waals surface area contributed by atoms with Crippen molar-refractivity contribution in [3.63, 3.8) is 0 Å². The molecule has 0 saturated carbocycles. The van der Waals surface area contributed by atoms with E-state index in [1.54, 1.807) is 26.4 Å². The lowest BCUT2D eigenvalue weighted by atomic mass is 10.1. The van der Waals surface area contributed by atoms with Gasteiger partial charge >= 0.3 is 0 Å². The van der Waals surface area contributed by atoms with Gasteiger partial charge in [-0.15, -0.1) is 0 Å². The van der Waals surface area contributed by atoms with E-state index in [-0.39, 0.29) is 22.1 Å². The van der Waals surface area contributed by atoms with Crippen molar-refractivity contribution in [3.05, 3.63) is 77.6 Å². The summed E-state index contributed by atoms with van der Waals surface area (Å²) in [5.41, 5.74) is 2.39. The Balaban J connectivity index is 1.62. The van der Waals surface area contributed by atoms with E-state index in [1.807, 2.05) is 25.1 Å². The maximum absolute atomic E-state index is 12.6. The van der Waals surface area contributed by atoms with E-state index in [0.29, 0.717) is 24.5 Å². The van der Waals surface area contributed by atoms with Gasteiger partial charge in [0.1, 0.15) is 0 Å². The number of pyridine rings is 1. The van der Waals surface area contributed by atoms with E-state index >= 15 is 0 Å². The molecule has 1 heterocycles. The minimum atomic E-state index is -3.78. The number of hydrogen-bond acceptors (Lipinski definition) is 6. The molecule has 1 amide bonds. The van der Waals surface area contributed by atoms with Gasteiger partial charge in [-0.25, -0.2) is 8.42 Å². The lowest BCUT2D eigenvalue weighted by molar-refractivity contribution is 0.0954. The molecule has 0 fully saturated rings. The molecule has 0 bridgehead atoms. The van der Waals surface area contributed by atoms with Gasteiger partial charge in [0.25, 0.3) is 15.9 Å². The summed E-state index contributed by atoms with van der Waals surface area (Å²) in [6.07, 6.45) is 3.32. The van der Waals surface area contributed by atoms with Crippen molar-refractivity contribution >= 4 is 21.6 Å². The molecule has 0 atom stereocenters. The number of benzene rings is 2. The number of rotatable bonds is 9. The van der Waals surface area contributed by atoms with E-state index < -0.39 is 10.0 Å². The molecule has 9 heteroatoms. The number of aromatic nitrogens is 1. The average Bonchev–Trinajstić information content (AvgIpc) is 2.79. The highest BCUT2D eigenvalue weighted by Gasteiger charge is 2.15. The lowest BCUT2D eigenvalue weighted by Crippen LogP contribution is -2.26. The molecule has 2 N–H and O–H groups in total. The second-order valence-corrected chi connectivity index (χ2v) is 8.76. The Kier molecular flexibility index (Phi) is 7.32. The predicted octanol–water partition coefficient (Wildman–Crippen LogP) is 3.18. The van der Waals surface area contributed by atoms with Crippen LogP contribution in [0.3, 0.4) is 0 Å². The number of amides is 1. The molecular weight excluding hydrogens is 430 g/mol. The van der Waals surface area contributed by atoms with Crippen LogP contribution in [0.15, 0.2) is 65.8 Å². The topological polar surface area (TPSA) is 107 Å². The summed E-state index contributed by atoms with van der Waals surface area (Å²) in [6.45, 7) is 2.26. The first-order chi connectivity index (χ1) is 15.3. The Bertz CT molecular complexity index is 1190. The monoisotopic (exact) mass is 455 g/mol. The summed E-state index contributed by atoms with van der Waals surface area (Å²) in [5.74, 6) is 0.903. The van der Waals surface area contributed by atoms with Crippen molar-refractivity contribution < 1.29 is 22.7 Å². The fourth-order valence-corrected chi connectivity index (χ4v) is 4.04. The third kappa shape index (κ3) is 5.76. The van der Waals surface area contributed by atoms with Crippen LogP contribution in [-0.2, 0) is 16.4 Å². The first kappa shape index (κ1) is 23.1. The standard InChI is InChI=1S/C23H25N3O5S/c1-16-4-7-20(8-5-16)32(28,29)26-19-13-18(14-24-15-19)23(27)25-11-10-17-6-9-21(30-2)22(12-17)31-3/h4-9,12-15,26H,10-11H2,1-3H3,(H,25,27). The summed E-state index contributed by atoms with van der Waals surface area (Å²) in [7, 11) is -0.646. The maximum atomic E-state index is 12.6. The molecule has 0 spiro atoms. The molecule has 168 valence electrons. The molecule has 3 aromatic rings. The number of sulfonamides is 1. The number of ether oxygens (including phenoxy) is 2. The number of carbonyl (C=O) groups excluding carboxylic acids is 1. The number of hydrogen-bond donors (Lipinski definition) is 2. The van der Waals surface area contributed by atoms with Crippen LogP contribution in [-0.4, -0.2) is 40.1 Å². The Labute approximate surface area is 187 Å². The van der Waals surface area contributed by atoms with E-state index in [2.05, 4.69) is 15.0 Å². The van der Waals surface area contributed by atoms with Crippen LogP contribution >= 0.6 is 0 Å². The summed E-state index contributed by atoms with van der Waals surface area (Å²) in [4.78, 5) is 16.6. The molecule has 0 unspecified atom stereocenters. The van der Waals surface area contributed by atoms with E-state index in [1.165, 1.54) is 30.6 Å². The number of aryl methyl sites for hydroxylation is 1. The van der Waals surface area contributed by atoms with Crippen LogP contribution in [0.2, 0.25) is 0 Å². The Morgan fingerprint density at radius 3 is 2.38 bits per heavy atom. The molecule has 8 nitrogen and oxygen atoms in total. The minimum absolute atomic E-state index is 0.132. The van der Waals surface area contributed by atoms with Crippen molar-refractivity contribution in [2.45, 2.75) is 18.2 Å². The zero-order chi connectivity index (χ0) is 23.1. The number of methoxy groups -OCH3 is 2. The lowest BCUT2D eigenvalue weighted by Gasteiger charge is -2.11. The second kappa shape index (κ2) is 10.1. The average molecular weight is 456 g/mol. The molecule has 1 aromatic heterocycles. The molecule has 0 aliphatic rings. The van der Waals surface area contributed by atoms with Gasteiger partial charge in [-0.3, -0.25) is 14.5 Å². The van der Waals surface area contributed by atoms with Gasteiger partial charge in [-0.05, 0) is 49.2 Å². The molecule has 3 rings (SSSR count). The third-order valence-corrected chi connectivity index (χ3v) is 6.13. The smallest absolute Gasteiger partial charge is 0.261 e. The zero-order valence-corrected chi connectivity index (χ0v) is 18.9. The van der Waals surface area contributed by atoms with Crippen molar-refractivity contribution in [2.75, 3.05) is 25.5 Å². The summed E-state index contributed by atoms with van der Waals surface area (Å²) in [6, 6.07) is 13.5. The van der Waals surface area contributed by atoms with Crippen molar-refractivity contribution in [1.82, 2.24) is 10.3 Å². The van der Waals surface area contributed by atoms with Crippen molar-refractivity contribution in [2.24, 2.45) is 0 Å². The maximum Gasteiger partial charge on any atom is 0.261 e. The summed E-state index contributed by atoms with van der Waals surface area (Å²) in [5, 5.41) is 2.81. The number of anilines is 1. The molecule has 0 aliphatic heterocycles. The van der Waals surface area contributed by atoms with Gasteiger partial charge < -0.3 is 14.8 Å². The van der Waals surface area contributed by atoms with Gasteiger partial charge in [-0.2, -0.15) is 0 Å². The fourth-order valence-electron chi connectivity index (χ4n) is 3.01. The molecule has 0 saturated heterocycles. The van der Waals surface area contributed by atoms with Gasteiger partial charge in [0.15, 0.2) is 11.5 Å². The molecule has 0 aliphatic carbocycles. The van der Waals surface area contributed by atoms with E-state index in [4.69, 9.17) is 9.47 Å². The van der Waals surface area contributed by atoms with Crippen LogP contribution in [0.1, 0.15) is 21.5 Å². The second-order valence-electron chi connectivity index (χ2n) is 7.08. The first-order valence-electron chi connectivity index (χ1n) is 9.86. The number of nitrogens with one attached hydrogen (secondary N) is 2. The largest absolute Gasteiger partial charge is 0.493 e. The highest BCUT2D eigenvalue weighted by molar-refractivity contribution is 7.92. The molecule has 32 heavy (non-hydrogen) atoms. The van der Waals surface area contributed by atoms with Gasteiger partial charge in [0.2, 0.25) is 0 Å². The molecule has 2 aromatic carbocycles. The predicted molar refractivity (Wildman–Crippen MR) is 122 cm³/mol. The van der Waals surface area contributed by atoms with E-state index in [9.17, 15) is 13.2 Å². The van der Waals surface area contributed by atoms with Crippen molar-refractivity contribution in [3.8, 4) is 11.5 Å². The zero-order valence-electron chi connectivity index (χ0n) is 18.1. The summed E-state index contributed by atoms with van der Waals surface area (Å²) < 4.78 is 38.1.